The van der Waals surface area contributed by atoms with Crippen molar-refractivity contribution in [1.82, 2.24) is 10.2 Å². The molecule has 2 heterocycles. The molecule has 25 heavy (non-hydrogen) atoms. The van der Waals surface area contributed by atoms with Crippen molar-refractivity contribution < 1.29 is 0 Å². The number of anilines is 2. The van der Waals surface area contributed by atoms with Gasteiger partial charge in [-0.3, -0.25) is 0 Å². The minimum Gasteiger partial charge on any atom is -0.341 e. The molecule has 0 bridgehead atoms. The largest absolute Gasteiger partial charge is 0.341 e. The van der Waals surface area contributed by atoms with E-state index in [1.54, 1.807) is 0 Å². The number of hydrogen-bond acceptors (Lipinski definition) is 3. The molecular formula is C22H29N3. The number of benzene rings is 2. The fraction of sp³-hybridized carbons (Fsp3) is 0.455. The summed E-state index contributed by atoms with van der Waals surface area (Å²) < 4.78 is 0. The van der Waals surface area contributed by atoms with Crippen LogP contribution in [-0.4, -0.2) is 44.2 Å². The number of hydrogen-bond donors (Lipinski definition) is 1. The van der Waals surface area contributed by atoms with Crippen LogP contribution in [0.1, 0.15) is 24.0 Å². The number of nitrogens with one attached hydrogen (secondary N) is 1. The van der Waals surface area contributed by atoms with Crippen molar-refractivity contribution in [1.29, 1.82) is 0 Å². The molecule has 2 aromatic rings. The van der Waals surface area contributed by atoms with E-state index in [0.29, 0.717) is 0 Å². The lowest BCUT2D eigenvalue weighted by molar-refractivity contribution is 0.237. The van der Waals surface area contributed by atoms with Gasteiger partial charge in [0.25, 0.3) is 0 Å². The number of piperazine rings is 1. The SMILES string of the molecule is c1ccc2c(c1)CCc1ccccc1N2CCCCN1CCNCC1. The quantitative estimate of drug-likeness (QED) is 0.842. The Balaban J connectivity index is 1.46. The van der Waals surface area contributed by atoms with Gasteiger partial charge >= 0.3 is 0 Å². The zero-order valence-corrected chi connectivity index (χ0v) is 15.1. The summed E-state index contributed by atoms with van der Waals surface area (Å²) in [5, 5.41) is 3.44. The number of unbranched alkanes of at least 4 members (excludes halogenated alkanes) is 1. The number of rotatable bonds is 5. The summed E-state index contributed by atoms with van der Waals surface area (Å²) in [6.45, 7) is 7.05. The van der Waals surface area contributed by atoms with E-state index in [4.69, 9.17) is 0 Å². The zero-order chi connectivity index (χ0) is 16.9. The van der Waals surface area contributed by atoms with Crippen LogP contribution in [0.5, 0.6) is 0 Å². The lowest BCUT2D eigenvalue weighted by atomic mass is 10.0. The van der Waals surface area contributed by atoms with Crippen molar-refractivity contribution in [2.45, 2.75) is 25.7 Å². The van der Waals surface area contributed by atoms with Gasteiger partial charge in [0.2, 0.25) is 0 Å². The Labute approximate surface area is 151 Å². The van der Waals surface area contributed by atoms with Gasteiger partial charge in [0.15, 0.2) is 0 Å². The second kappa shape index (κ2) is 8.03. The standard InChI is InChI=1S/C22H29N3/c1-3-9-21-19(7-1)11-12-20-8-2-4-10-22(20)25(21)16-6-5-15-24-17-13-23-14-18-24/h1-4,7-10,23H,5-6,11-18H2. The molecule has 3 heteroatoms. The molecular weight excluding hydrogens is 306 g/mol. The summed E-state index contributed by atoms with van der Waals surface area (Å²) in [6, 6.07) is 17.9. The average Bonchev–Trinajstić information content (AvgIpc) is 2.83. The summed E-state index contributed by atoms with van der Waals surface area (Å²) in [5.74, 6) is 0. The third-order valence-electron chi connectivity index (χ3n) is 5.54. The van der Waals surface area contributed by atoms with E-state index in [-0.39, 0.29) is 0 Å². The number of nitrogens with zero attached hydrogens (tertiary/aromatic N) is 2. The summed E-state index contributed by atoms with van der Waals surface area (Å²) in [5.41, 5.74) is 5.80. The van der Waals surface area contributed by atoms with Gasteiger partial charge in [-0.05, 0) is 55.5 Å². The van der Waals surface area contributed by atoms with Crippen molar-refractivity contribution in [2.24, 2.45) is 0 Å². The number of aryl methyl sites for hydroxylation is 2. The Morgan fingerprint density at radius 1 is 0.720 bits per heavy atom. The minimum atomic E-state index is 1.11. The molecule has 2 aliphatic heterocycles. The van der Waals surface area contributed by atoms with Crippen LogP contribution in [0.2, 0.25) is 0 Å². The predicted molar refractivity (Wildman–Crippen MR) is 106 cm³/mol. The molecule has 2 aromatic carbocycles. The van der Waals surface area contributed by atoms with Crippen LogP contribution in [0.4, 0.5) is 11.4 Å². The van der Waals surface area contributed by atoms with Crippen molar-refractivity contribution in [2.75, 3.05) is 44.2 Å². The maximum absolute atomic E-state index is 3.44. The maximum Gasteiger partial charge on any atom is 0.0443 e. The summed E-state index contributed by atoms with van der Waals surface area (Å²) in [7, 11) is 0. The second-order valence-corrected chi connectivity index (χ2v) is 7.21. The van der Waals surface area contributed by atoms with E-state index >= 15 is 0 Å². The normalized spacial score (nSPS) is 17.7. The van der Waals surface area contributed by atoms with Crippen molar-refractivity contribution in [3.05, 3.63) is 59.7 Å². The molecule has 1 saturated heterocycles. The molecule has 0 atom stereocenters. The molecule has 3 nitrogen and oxygen atoms in total. The van der Waals surface area contributed by atoms with Gasteiger partial charge in [0, 0.05) is 44.1 Å². The fourth-order valence-corrected chi connectivity index (χ4v) is 4.15. The number of fused-ring (bicyclic) bond motifs is 2. The Morgan fingerprint density at radius 3 is 1.92 bits per heavy atom. The van der Waals surface area contributed by atoms with Crippen molar-refractivity contribution in [3.8, 4) is 0 Å². The molecule has 0 spiro atoms. The van der Waals surface area contributed by atoms with Gasteiger partial charge in [0.1, 0.15) is 0 Å². The molecule has 2 aliphatic rings. The molecule has 0 saturated carbocycles. The smallest absolute Gasteiger partial charge is 0.0443 e. The Morgan fingerprint density at radius 2 is 1.28 bits per heavy atom. The molecule has 1 fully saturated rings. The average molecular weight is 335 g/mol. The molecule has 0 radical (unpaired) electrons. The Hall–Kier alpha value is -1.84. The third kappa shape index (κ3) is 3.88. The van der Waals surface area contributed by atoms with Gasteiger partial charge in [-0.1, -0.05) is 36.4 Å². The van der Waals surface area contributed by atoms with E-state index < -0.39 is 0 Å². The van der Waals surface area contributed by atoms with Gasteiger partial charge in [-0.15, -0.1) is 0 Å². The predicted octanol–water partition coefficient (Wildman–Crippen LogP) is 3.61. The second-order valence-electron chi connectivity index (χ2n) is 7.21. The molecule has 4 rings (SSSR count). The van der Waals surface area contributed by atoms with Crippen LogP contribution in [0.25, 0.3) is 0 Å². The molecule has 1 N–H and O–H groups in total. The first-order valence-electron chi connectivity index (χ1n) is 9.78. The summed E-state index contributed by atoms with van der Waals surface area (Å²) >= 11 is 0. The maximum atomic E-state index is 3.44. The monoisotopic (exact) mass is 335 g/mol. The number of para-hydroxylation sites is 2. The minimum absolute atomic E-state index is 1.11. The van der Waals surface area contributed by atoms with Gasteiger partial charge < -0.3 is 15.1 Å². The topological polar surface area (TPSA) is 18.5 Å². The van der Waals surface area contributed by atoms with E-state index in [1.807, 2.05) is 0 Å². The first-order valence-corrected chi connectivity index (χ1v) is 9.78. The first-order chi connectivity index (χ1) is 12.4. The van der Waals surface area contributed by atoms with E-state index in [9.17, 15) is 0 Å². The van der Waals surface area contributed by atoms with Crippen LogP contribution < -0.4 is 10.2 Å². The van der Waals surface area contributed by atoms with Crippen molar-refractivity contribution in [3.63, 3.8) is 0 Å². The molecule has 0 amide bonds. The van der Waals surface area contributed by atoms with Crippen molar-refractivity contribution >= 4 is 11.4 Å². The highest BCUT2D eigenvalue weighted by molar-refractivity contribution is 5.71. The van der Waals surface area contributed by atoms with Crippen LogP contribution in [0.15, 0.2) is 48.5 Å². The van der Waals surface area contributed by atoms with Crippen LogP contribution in [0.3, 0.4) is 0 Å². The third-order valence-corrected chi connectivity index (χ3v) is 5.54. The Kier molecular flexibility index (Phi) is 5.34. The van der Waals surface area contributed by atoms with E-state index in [1.165, 1.54) is 55.0 Å². The van der Waals surface area contributed by atoms with Gasteiger partial charge in [-0.2, -0.15) is 0 Å². The highest BCUT2D eigenvalue weighted by Crippen LogP contribution is 2.35. The highest BCUT2D eigenvalue weighted by atomic mass is 15.2. The molecule has 132 valence electrons. The van der Waals surface area contributed by atoms with Crippen LogP contribution in [-0.2, 0) is 12.8 Å². The van der Waals surface area contributed by atoms with E-state index in [0.717, 1.165) is 32.5 Å². The first kappa shape index (κ1) is 16.6. The van der Waals surface area contributed by atoms with Crippen LogP contribution in [0, 0.1) is 0 Å². The van der Waals surface area contributed by atoms with E-state index in [2.05, 4.69) is 63.6 Å². The van der Waals surface area contributed by atoms with Gasteiger partial charge in [0.05, 0.1) is 0 Å². The summed E-state index contributed by atoms with van der Waals surface area (Å²) in [6.07, 6.45) is 4.81. The Bertz CT molecular complexity index is 644. The molecule has 0 aromatic heterocycles. The highest BCUT2D eigenvalue weighted by Gasteiger charge is 2.19. The zero-order valence-electron chi connectivity index (χ0n) is 15.1. The summed E-state index contributed by atoms with van der Waals surface area (Å²) in [4.78, 5) is 5.16. The fourth-order valence-electron chi connectivity index (χ4n) is 4.15. The van der Waals surface area contributed by atoms with Crippen LogP contribution >= 0.6 is 0 Å². The molecule has 0 unspecified atom stereocenters. The lowest BCUT2D eigenvalue weighted by Crippen LogP contribution is -2.43. The van der Waals surface area contributed by atoms with Gasteiger partial charge in [-0.25, -0.2) is 0 Å². The lowest BCUT2D eigenvalue weighted by Gasteiger charge is -2.29. The molecule has 0 aliphatic carbocycles.